The molecular weight excluding hydrogens is 352 g/mol. The van der Waals surface area contributed by atoms with Crippen molar-refractivity contribution >= 4 is 21.4 Å². The molecule has 2 rings (SSSR count). The summed E-state index contributed by atoms with van der Waals surface area (Å²) in [6.07, 6.45) is 1.03. The lowest BCUT2D eigenvalue weighted by Gasteiger charge is -2.15. The maximum absolute atomic E-state index is 11.7. The monoisotopic (exact) mass is 370 g/mol. The molecule has 1 heterocycles. The van der Waals surface area contributed by atoms with Crippen LogP contribution in [0.1, 0.15) is 30.9 Å². The van der Waals surface area contributed by atoms with Gasteiger partial charge in [-0.25, -0.2) is 13.4 Å². The fourth-order valence-corrected chi connectivity index (χ4v) is 2.97. The van der Waals surface area contributed by atoms with Gasteiger partial charge in [-0.2, -0.15) is 4.98 Å². The van der Waals surface area contributed by atoms with Crippen LogP contribution in [-0.4, -0.2) is 31.8 Å². The normalized spacial score (nSPS) is 11.6. The van der Waals surface area contributed by atoms with E-state index in [4.69, 9.17) is 21.1 Å². The summed E-state index contributed by atoms with van der Waals surface area (Å²) in [5.41, 5.74) is 1.47. The first-order valence-electron chi connectivity index (χ1n) is 7.25. The fourth-order valence-electron chi connectivity index (χ4n) is 2.04. The zero-order valence-corrected chi connectivity index (χ0v) is 15.5. The van der Waals surface area contributed by atoms with Crippen molar-refractivity contribution in [2.24, 2.45) is 0 Å². The van der Waals surface area contributed by atoms with Crippen molar-refractivity contribution in [1.29, 1.82) is 0 Å². The van der Waals surface area contributed by atoms with E-state index in [1.54, 1.807) is 7.11 Å². The highest BCUT2D eigenvalue weighted by molar-refractivity contribution is 7.90. The number of rotatable bonds is 6. The number of halogens is 1. The third kappa shape index (κ3) is 4.36. The average molecular weight is 371 g/mol. The highest BCUT2D eigenvalue weighted by atomic mass is 35.5. The molecule has 24 heavy (non-hydrogen) atoms. The summed E-state index contributed by atoms with van der Waals surface area (Å²) in [5, 5.41) is -0.258. The molecule has 2 aromatic rings. The Morgan fingerprint density at radius 2 is 1.79 bits per heavy atom. The van der Waals surface area contributed by atoms with Gasteiger partial charge in [0.1, 0.15) is 17.5 Å². The Labute approximate surface area is 146 Å². The molecular formula is C16H19ClN2O4S. The lowest BCUT2D eigenvalue weighted by Crippen LogP contribution is -2.10. The second-order valence-corrected chi connectivity index (χ2v) is 7.85. The maximum atomic E-state index is 11.7. The van der Waals surface area contributed by atoms with Crippen LogP contribution in [-0.2, 0) is 16.4 Å². The summed E-state index contributed by atoms with van der Waals surface area (Å²) in [7, 11) is -1.99. The van der Waals surface area contributed by atoms with Crippen molar-refractivity contribution in [2.75, 3.05) is 13.4 Å². The van der Waals surface area contributed by atoms with E-state index >= 15 is 0 Å². The van der Waals surface area contributed by atoms with E-state index in [1.165, 1.54) is 0 Å². The van der Waals surface area contributed by atoms with Crippen molar-refractivity contribution in [3.05, 3.63) is 40.5 Å². The van der Waals surface area contributed by atoms with Crippen LogP contribution in [0.15, 0.2) is 29.4 Å². The summed E-state index contributed by atoms with van der Waals surface area (Å²) < 4.78 is 34.3. The highest BCUT2D eigenvalue weighted by Gasteiger charge is 2.21. The van der Waals surface area contributed by atoms with Gasteiger partial charge in [0.2, 0.25) is 15.7 Å². The van der Waals surface area contributed by atoms with Gasteiger partial charge < -0.3 is 9.47 Å². The van der Waals surface area contributed by atoms with Crippen molar-refractivity contribution in [3.8, 4) is 11.6 Å². The zero-order chi connectivity index (χ0) is 17.9. The SMILES string of the molecule is COc1ccc(COc2nc(S(C)(=O)=O)nc(Cl)c2C(C)C)cc1. The standard InChI is InChI=1S/C16H19ClN2O4S/c1-10(2)13-14(17)18-16(24(4,20)21)19-15(13)23-9-11-5-7-12(22-3)8-6-11/h5-8,10H,9H2,1-4H3. The number of hydrogen-bond donors (Lipinski definition) is 0. The van der Waals surface area contributed by atoms with Gasteiger partial charge in [0.25, 0.3) is 5.16 Å². The molecule has 1 aromatic carbocycles. The lowest BCUT2D eigenvalue weighted by atomic mass is 10.1. The van der Waals surface area contributed by atoms with Gasteiger partial charge in [-0.15, -0.1) is 0 Å². The van der Waals surface area contributed by atoms with Gasteiger partial charge in [-0.3, -0.25) is 0 Å². The number of sulfone groups is 1. The quantitative estimate of drug-likeness (QED) is 0.573. The van der Waals surface area contributed by atoms with Crippen LogP contribution in [0.4, 0.5) is 0 Å². The van der Waals surface area contributed by atoms with Crippen LogP contribution in [0.25, 0.3) is 0 Å². The highest BCUT2D eigenvalue weighted by Crippen LogP contribution is 2.32. The predicted molar refractivity (Wildman–Crippen MR) is 91.6 cm³/mol. The number of hydrogen-bond acceptors (Lipinski definition) is 6. The van der Waals surface area contributed by atoms with Gasteiger partial charge in [0, 0.05) is 6.26 Å². The Bertz CT molecular complexity index is 821. The third-order valence-corrected chi connectivity index (χ3v) is 4.42. The molecule has 8 heteroatoms. The maximum Gasteiger partial charge on any atom is 0.251 e. The fraction of sp³-hybridized carbons (Fsp3) is 0.375. The molecule has 0 aliphatic rings. The number of aromatic nitrogens is 2. The molecule has 0 atom stereocenters. The molecule has 0 aliphatic heterocycles. The van der Waals surface area contributed by atoms with E-state index in [1.807, 2.05) is 38.1 Å². The van der Waals surface area contributed by atoms with E-state index in [9.17, 15) is 8.42 Å². The minimum atomic E-state index is -3.59. The Balaban J connectivity index is 2.34. The van der Waals surface area contributed by atoms with Gasteiger partial charge >= 0.3 is 0 Å². The van der Waals surface area contributed by atoms with Gasteiger partial charge in [0.15, 0.2) is 0 Å². The summed E-state index contributed by atoms with van der Waals surface area (Å²) in [4.78, 5) is 7.92. The van der Waals surface area contributed by atoms with Crippen LogP contribution in [0, 0.1) is 0 Å². The molecule has 0 saturated carbocycles. The van der Waals surface area contributed by atoms with Crippen LogP contribution >= 0.6 is 11.6 Å². The van der Waals surface area contributed by atoms with E-state index in [0.29, 0.717) is 5.56 Å². The third-order valence-electron chi connectivity index (χ3n) is 3.29. The summed E-state index contributed by atoms with van der Waals surface area (Å²) in [5.74, 6) is 0.907. The Kier molecular flexibility index (Phi) is 5.66. The Morgan fingerprint density at radius 1 is 1.17 bits per heavy atom. The predicted octanol–water partition coefficient (Wildman–Crippen LogP) is 3.24. The lowest BCUT2D eigenvalue weighted by molar-refractivity contribution is 0.285. The smallest absolute Gasteiger partial charge is 0.251 e. The number of methoxy groups -OCH3 is 1. The van der Waals surface area contributed by atoms with Gasteiger partial charge in [-0.05, 0) is 23.6 Å². The Morgan fingerprint density at radius 3 is 2.29 bits per heavy atom. The molecule has 0 bridgehead atoms. The number of ether oxygens (including phenoxy) is 2. The second kappa shape index (κ2) is 7.36. The first-order chi connectivity index (χ1) is 11.2. The van der Waals surface area contributed by atoms with Crippen molar-refractivity contribution in [3.63, 3.8) is 0 Å². The minimum Gasteiger partial charge on any atom is -0.497 e. The van der Waals surface area contributed by atoms with E-state index in [2.05, 4.69) is 9.97 Å². The Hall–Kier alpha value is -1.86. The molecule has 0 unspecified atom stereocenters. The largest absolute Gasteiger partial charge is 0.497 e. The first kappa shape index (κ1) is 18.5. The topological polar surface area (TPSA) is 78.4 Å². The molecule has 0 fully saturated rings. The molecule has 0 spiro atoms. The van der Waals surface area contributed by atoms with Gasteiger partial charge in [0.05, 0.1) is 12.7 Å². The van der Waals surface area contributed by atoms with Crippen LogP contribution < -0.4 is 9.47 Å². The molecule has 130 valence electrons. The molecule has 0 amide bonds. The first-order valence-corrected chi connectivity index (χ1v) is 9.52. The van der Waals surface area contributed by atoms with E-state index < -0.39 is 9.84 Å². The van der Waals surface area contributed by atoms with Gasteiger partial charge in [-0.1, -0.05) is 37.6 Å². The molecule has 1 aromatic heterocycles. The van der Waals surface area contributed by atoms with E-state index in [-0.39, 0.29) is 28.7 Å². The molecule has 0 radical (unpaired) electrons. The second-order valence-electron chi connectivity index (χ2n) is 5.58. The van der Waals surface area contributed by atoms with Crippen molar-refractivity contribution in [2.45, 2.75) is 31.5 Å². The number of nitrogens with zero attached hydrogens (tertiary/aromatic N) is 2. The molecule has 6 nitrogen and oxygen atoms in total. The molecule has 0 aliphatic carbocycles. The molecule has 0 N–H and O–H groups in total. The van der Waals surface area contributed by atoms with Crippen molar-refractivity contribution < 1.29 is 17.9 Å². The van der Waals surface area contributed by atoms with Crippen LogP contribution in [0.5, 0.6) is 11.6 Å². The summed E-state index contributed by atoms with van der Waals surface area (Å²) in [6, 6.07) is 7.34. The van der Waals surface area contributed by atoms with Crippen LogP contribution in [0.3, 0.4) is 0 Å². The van der Waals surface area contributed by atoms with Crippen molar-refractivity contribution in [1.82, 2.24) is 9.97 Å². The number of benzene rings is 1. The van der Waals surface area contributed by atoms with Crippen LogP contribution in [0.2, 0.25) is 5.15 Å². The minimum absolute atomic E-state index is 0.0167. The van der Waals surface area contributed by atoms with E-state index in [0.717, 1.165) is 17.6 Å². The molecule has 0 saturated heterocycles. The summed E-state index contributed by atoms with van der Waals surface area (Å²) in [6.45, 7) is 4.04. The zero-order valence-electron chi connectivity index (χ0n) is 13.9. The summed E-state index contributed by atoms with van der Waals surface area (Å²) >= 11 is 6.14. The average Bonchev–Trinajstić information content (AvgIpc) is 2.51.